The highest BCUT2D eigenvalue weighted by Gasteiger charge is 2.13. The smallest absolute Gasteiger partial charge is 0.201 e. The Morgan fingerprint density at radius 3 is 2.46 bits per heavy atom. The lowest BCUT2D eigenvalue weighted by Gasteiger charge is -2.06. The molecule has 0 spiro atoms. The van der Waals surface area contributed by atoms with Gasteiger partial charge in [0, 0.05) is 10.9 Å². The summed E-state index contributed by atoms with van der Waals surface area (Å²) in [5.74, 6) is 0.873. The summed E-state index contributed by atoms with van der Waals surface area (Å²) < 4.78 is 59.9. The van der Waals surface area contributed by atoms with Gasteiger partial charge in [0.2, 0.25) is 5.82 Å². The van der Waals surface area contributed by atoms with Crippen LogP contribution < -0.4 is 4.74 Å². The van der Waals surface area contributed by atoms with Gasteiger partial charge in [-0.2, -0.15) is 4.39 Å². The monoisotopic (exact) mass is 356 g/mol. The zero-order valence-electron chi connectivity index (χ0n) is 13.5. The van der Waals surface area contributed by atoms with Gasteiger partial charge in [-0.1, -0.05) is 36.6 Å². The van der Waals surface area contributed by atoms with E-state index in [1.54, 1.807) is 6.07 Å². The van der Waals surface area contributed by atoms with Gasteiger partial charge >= 0.3 is 0 Å². The molecule has 0 heterocycles. The Hall–Kier alpha value is -3.26. The lowest BCUT2D eigenvalue weighted by Crippen LogP contribution is -1.99. The van der Waals surface area contributed by atoms with Crippen molar-refractivity contribution in [3.05, 3.63) is 89.5 Å². The third-order valence-electron chi connectivity index (χ3n) is 3.65. The number of rotatable bonds is 3. The molecule has 3 aromatic rings. The maximum absolute atomic E-state index is 14.1. The molecule has 0 aromatic heterocycles. The van der Waals surface area contributed by atoms with Crippen LogP contribution in [0.4, 0.5) is 17.6 Å². The van der Waals surface area contributed by atoms with E-state index >= 15 is 0 Å². The van der Waals surface area contributed by atoms with Crippen LogP contribution in [0.2, 0.25) is 0 Å². The Morgan fingerprint density at radius 1 is 0.885 bits per heavy atom. The summed E-state index contributed by atoms with van der Waals surface area (Å²) in [5, 5.41) is 0.576. The van der Waals surface area contributed by atoms with E-state index in [9.17, 15) is 17.6 Å². The first-order chi connectivity index (χ1) is 12.5. The molecule has 3 aromatic carbocycles. The molecule has 1 nitrogen and oxygen atoms in total. The van der Waals surface area contributed by atoms with E-state index in [1.807, 2.05) is 0 Å². The molecule has 0 saturated carbocycles. The molecule has 0 unspecified atom stereocenters. The minimum Gasteiger partial charge on any atom is -0.486 e. The van der Waals surface area contributed by atoms with Gasteiger partial charge in [0.25, 0.3) is 0 Å². The first kappa shape index (κ1) is 17.6. The molecule has 0 aliphatic heterocycles. The molecule has 0 N–H and O–H groups in total. The molecule has 5 heteroatoms. The quantitative estimate of drug-likeness (QED) is 0.349. The van der Waals surface area contributed by atoms with E-state index in [-0.39, 0.29) is 23.3 Å². The van der Waals surface area contributed by atoms with E-state index in [0.29, 0.717) is 10.9 Å². The molecule has 3 rings (SSSR count). The van der Waals surface area contributed by atoms with E-state index in [1.165, 1.54) is 36.4 Å². The standard InChI is InChI=1S/C21H12F4O/c1-2-11-26-18-10-7-14(19(23)21(18)25)5-3-13-4-8-16-15(12-13)6-9-17(22)20(16)24/h2,4,6-10,12H,1,11H2. The SMILES string of the molecule is C=CCOc1ccc(C#Cc2ccc3c(F)c(F)ccc3c2)c(F)c1F. The second kappa shape index (κ2) is 7.32. The average Bonchev–Trinajstić information content (AvgIpc) is 2.65. The Labute approximate surface area is 147 Å². The van der Waals surface area contributed by atoms with Crippen LogP contribution in [-0.2, 0) is 0 Å². The van der Waals surface area contributed by atoms with Crippen LogP contribution in [0.3, 0.4) is 0 Å². The average molecular weight is 356 g/mol. The maximum atomic E-state index is 14.1. The van der Waals surface area contributed by atoms with Crippen molar-refractivity contribution in [2.24, 2.45) is 0 Å². The topological polar surface area (TPSA) is 9.23 Å². The zero-order chi connectivity index (χ0) is 18.7. The molecule has 0 aliphatic carbocycles. The van der Waals surface area contributed by atoms with Crippen LogP contribution >= 0.6 is 0 Å². The molecule has 0 saturated heterocycles. The molecule has 130 valence electrons. The number of ether oxygens (including phenoxy) is 1. The van der Waals surface area contributed by atoms with Gasteiger partial charge in [-0.3, -0.25) is 0 Å². The minimum absolute atomic E-state index is 0.0512. The van der Waals surface area contributed by atoms with Crippen molar-refractivity contribution in [2.75, 3.05) is 6.61 Å². The highest BCUT2D eigenvalue weighted by Crippen LogP contribution is 2.23. The molecule has 0 bridgehead atoms. The van der Waals surface area contributed by atoms with Crippen LogP contribution in [0.15, 0.2) is 55.1 Å². The second-order valence-electron chi connectivity index (χ2n) is 5.39. The van der Waals surface area contributed by atoms with Gasteiger partial charge in [0.05, 0.1) is 5.56 Å². The predicted molar refractivity (Wildman–Crippen MR) is 91.9 cm³/mol. The summed E-state index contributed by atoms with van der Waals surface area (Å²) in [6.07, 6.45) is 1.42. The van der Waals surface area contributed by atoms with E-state index < -0.39 is 23.3 Å². The fourth-order valence-electron chi connectivity index (χ4n) is 2.37. The van der Waals surface area contributed by atoms with Crippen molar-refractivity contribution >= 4 is 10.8 Å². The Kier molecular flexibility index (Phi) is 4.94. The fourth-order valence-corrected chi connectivity index (χ4v) is 2.37. The molecule has 0 radical (unpaired) electrons. The molecule has 26 heavy (non-hydrogen) atoms. The second-order valence-corrected chi connectivity index (χ2v) is 5.39. The first-order valence-electron chi connectivity index (χ1n) is 7.62. The van der Waals surface area contributed by atoms with Crippen molar-refractivity contribution in [1.29, 1.82) is 0 Å². The summed E-state index contributed by atoms with van der Waals surface area (Å²) in [6, 6.07) is 9.44. The fraction of sp³-hybridized carbons (Fsp3) is 0.0476. The van der Waals surface area contributed by atoms with Crippen molar-refractivity contribution in [3.63, 3.8) is 0 Å². The third-order valence-corrected chi connectivity index (χ3v) is 3.65. The van der Waals surface area contributed by atoms with Crippen LogP contribution in [0.5, 0.6) is 5.75 Å². The third kappa shape index (κ3) is 3.40. The van der Waals surface area contributed by atoms with Crippen molar-refractivity contribution in [1.82, 2.24) is 0 Å². The number of benzene rings is 3. The van der Waals surface area contributed by atoms with Crippen molar-refractivity contribution in [3.8, 4) is 17.6 Å². The van der Waals surface area contributed by atoms with Gasteiger partial charge in [-0.25, -0.2) is 13.2 Å². The van der Waals surface area contributed by atoms with Gasteiger partial charge in [0.15, 0.2) is 23.2 Å². The van der Waals surface area contributed by atoms with Gasteiger partial charge in [-0.05, 0) is 35.7 Å². The van der Waals surface area contributed by atoms with Crippen LogP contribution in [0.25, 0.3) is 10.8 Å². The Balaban J connectivity index is 1.94. The lowest BCUT2D eigenvalue weighted by atomic mass is 10.1. The molecule has 0 amide bonds. The summed E-state index contributed by atoms with van der Waals surface area (Å²) in [4.78, 5) is 0. The maximum Gasteiger partial charge on any atom is 0.201 e. The van der Waals surface area contributed by atoms with E-state index in [4.69, 9.17) is 4.74 Å². The molecule has 0 aliphatic rings. The predicted octanol–water partition coefficient (Wildman–Crippen LogP) is 5.36. The summed E-state index contributed by atoms with van der Waals surface area (Å²) >= 11 is 0. The Morgan fingerprint density at radius 2 is 1.69 bits per heavy atom. The van der Waals surface area contributed by atoms with Gasteiger partial charge < -0.3 is 4.74 Å². The molecule has 0 atom stereocenters. The van der Waals surface area contributed by atoms with Crippen LogP contribution in [0, 0.1) is 35.1 Å². The van der Waals surface area contributed by atoms with Crippen molar-refractivity contribution in [2.45, 2.75) is 0 Å². The van der Waals surface area contributed by atoms with Gasteiger partial charge in [0.1, 0.15) is 6.61 Å². The Bertz CT molecular complexity index is 1060. The molecular weight excluding hydrogens is 344 g/mol. The van der Waals surface area contributed by atoms with E-state index in [0.717, 1.165) is 6.07 Å². The number of halogens is 4. The normalized spacial score (nSPS) is 10.3. The number of fused-ring (bicyclic) bond motifs is 1. The summed E-state index contributed by atoms with van der Waals surface area (Å²) in [7, 11) is 0. The minimum atomic E-state index is -1.13. The molecular formula is C21H12F4O. The lowest BCUT2D eigenvalue weighted by molar-refractivity contribution is 0.332. The van der Waals surface area contributed by atoms with Gasteiger partial charge in [-0.15, -0.1) is 0 Å². The highest BCUT2D eigenvalue weighted by molar-refractivity contribution is 5.84. The summed E-state index contributed by atoms with van der Waals surface area (Å²) in [6.45, 7) is 3.48. The number of hydrogen-bond acceptors (Lipinski definition) is 1. The summed E-state index contributed by atoms with van der Waals surface area (Å²) in [5.41, 5.74) is 0.314. The number of hydrogen-bond donors (Lipinski definition) is 0. The first-order valence-corrected chi connectivity index (χ1v) is 7.62. The van der Waals surface area contributed by atoms with Crippen molar-refractivity contribution < 1.29 is 22.3 Å². The largest absolute Gasteiger partial charge is 0.486 e. The molecule has 0 fully saturated rings. The zero-order valence-corrected chi connectivity index (χ0v) is 13.5. The highest BCUT2D eigenvalue weighted by atomic mass is 19.2. The van der Waals surface area contributed by atoms with E-state index in [2.05, 4.69) is 18.4 Å². The van der Waals surface area contributed by atoms with Crippen LogP contribution in [-0.4, -0.2) is 6.61 Å². The van der Waals surface area contributed by atoms with Crippen LogP contribution in [0.1, 0.15) is 11.1 Å².